The molecule has 2 unspecified atom stereocenters. The molecule has 1 aromatic heterocycles. The number of hydrogen-bond acceptors (Lipinski definition) is 4. The summed E-state index contributed by atoms with van der Waals surface area (Å²) in [5.41, 5.74) is 11.3. The van der Waals surface area contributed by atoms with Crippen molar-refractivity contribution in [2.75, 3.05) is 19.5 Å². The van der Waals surface area contributed by atoms with Crippen LogP contribution in [0.15, 0.2) is 36.4 Å². The number of H-pyrrole nitrogens is 1. The number of nitrogens with one attached hydrogen (secondary N) is 2. The van der Waals surface area contributed by atoms with Crippen molar-refractivity contribution in [2.24, 2.45) is 11.7 Å². The zero-order valence-electron chi connectivity index (χ0n) is 19.3. The number of ether oxygens (including phenoxy) is 2. The summed E-state index contributed by atoms with van der Waals surface area (Å²) in [6, 6.07) is 11.9. The Morgan fingerprint density at radius 2 is 1.81 bits per heavy atom. The zero-order valence-corrected chi connectivity index (χ0v) is 19.3. The molecule has 0 bridgehead atoms. The van der Waals surface area contributed by atoms with Crippen molar-refractivity contribution < 1.29 is 14.3 Å². The molecule has 0 spiro atoms. The number of nitrogens with two attached hydrogens (primary N) is 1. The summed E-state index contributed by atoms with van der Waals surface area (Å²) in [6.45, 7) is 4.36. The van der Waals surface area contributed by atoms with Crippen LogP contribution in [0.1, 0.15) is 51.0 Å². The van der Waals surface area contributed by atoms with Crippen molar-refractivity contribution in [1.82, 2.24) is 4.98 Å². The number of aromatic amines is 1. The number of hydrogen-bond donors (Lipinski definition) is 3. The van der Waals surface area contributed by atoms with E-state index in [1.54, 1.807) is 14.2 Å². The molecule has 1 heterocycles. The van der Waals surface area contributed by atoms with Gasteiger partial charge in [-0.15, -0.1) is 0 Å². The van der Waals surface area contributed by atoms with Gasteiger partial charge in [0.05, 0.1) is 25.8 Å². The van der Waals surface area contributed by atoms with Gasteiger partial charge < -0.3 is 25.5 Å². The fourth-order valence-electron chi connectivity index (χ4n) is 4.83. The standard InChI is InChI=1S/C26H33N3O3/c1-15(2)24-19-14-17(28-26(30)18-7-5-6-8-20(18)27)10-11-21(19)29-25(24)16-9-12-22(31-3)23(13-16)32-4/h9-15,18,20,29H,5-8,27H2,1-4H3,(H,28,30). The van der Waals surface area contributed by atoms with Crippen LogP contribution >= 0.6 is 0 Å². The molecule has 1 saturated carbocycles. The Balaban J connectivity index is 1.71. The summed E-state index contributed by atoms with van der Waals surface area (Å²) in [4.78, 5) is 16.4. The number of methoxy groups -OCH3 is 2. The second-order valence-corrected chi connectivity index (χ2v) is 8.94. The van der Waals surface area contributed by atoms with Gasteiger partial charge in [-0.2, -0.15) is 0 Å². The predicted octanol–water partition coefficient (Wildman–Crippen LogP) is 5.43. The molecule has 4 N–H and O–H groups in total. The molecule has 0 radical (unpaired) electrons. The number of benzene rings is 2. The maximum atomic E-state index is 12.9. The van der Waals surface area contributed by atoms with Crippen LogP contribution in [0, 0.1) is 5.92 Å². The van der Waals surface area contributed by atoms with E-state index in [0.717, 1.165) is 53.5 Å². The Kier molecular flexibility index (Phi) is 6.42. The summed E-state index contributed by atoms with van der Waals surface area (Å²) < 4.78 is 10.9. The first-order valence-corrected chi connectivity index (χ1v) is 11.4. The van der Waals surface area contributed by atoms with Crippen molar-refractivity contribution in [1.29, 1.82) is 0 Å². The van der Waals surface area contributed by atoms with Crippen LogP contribution in [0.5, 0.6) is 11.5 Å². The lowest BCUT2D eigenvalue weighted by Crippen LogP contribution is -2.40. The van der Waals surface area contributed by atoms with Crippen molar-refractivity contribution >= 4 is 22.5 Å². The molecule has 6 heteroatoms. The first kappa shape index (κ1) is 22.2. The molecule has 170 valence electrons. The van der Waals surface area contributed by atoms with E-state index in [4.69, 9.17) is 15.2 Å². The molecule has 1 aliphatic rings. The van der Waals surface area contributed by atoms with Crippen LogP contribution in [0.2, 0.25) is 0 Å². The van der Waals surface area contributed by atoms with Gasteiger partial charge in [-0.05, 0) is 60.7 Å². The predicted molar refractivity (Wildman–Crippen MR) is 129 cm³/mol. The topological polar surface area (TPSA) is 89.4 Å². The van der Waals surface area contributed by atoms with Gasteiger partial charge in [-0.25, -0.2) is 0 Å². The highest BCUT2D eigenvalue weighted by Crippen LogP contribution is 2.39. The Morgan fingerprint density at radius 1 is 1.06 bits per heavy atom. The first-order chi connectivity index (χ1) is 15.4. The highest BCUT2D eigenvalue weighted by atomic mass is 16.5. The van der Waals surface area contributed by atoms with E-state index < -0.39 is 0 Å². The first-order valence-electron chi connectivity index (χ1n) is 11.4. The lowest BCUT2D eigenvalue weighted by molar-refractivity contribution is -0.121. The van der Waals surface area contributed by atoms with Crippen LogP contribution in [0.3, 0.4) is 0 Å². The molecule has 4 rings (SSSR count). The molecular weight excluding hydrogens is 402 g/mol. The van der Waals surface area contributed by atoms with Crippen molar-refractivity contribution in [2.45, 2.75) is 51.5 Å². The Morgan fingerprint density at radius 3 is 2.50 bits per heavy atom. The van der Waals surface area contributed by atoms with Gasteiger partial charge in [-0.3, -0.25) is 4.79 Å². The highest BCUT2D eigenvalue weighted by molar-refractivity contribution is 5.98. The third-order valence-corrected chi connectivity index (χ3v) is 6.51. The van der Waals surface area contributed by atoms with Crippen molar-refractivity contribution in [3.63, 3.8) is 0 Å². The van der Waals surface area contributed by atoms with Gasteiger partial charge in [0.15, 0.2) is 11.5 Å². The van der Waals surface area contributed by atoms with E-state index in [2.05, 4.69) is 30.2 Å². The van der Waals surface area contributed by atoms with E-state index in [1.807, 2.05) is 30.3 Å². The molecule has 0 saturated heterocycles. The molecule has 1 aliphatic carbocycles. The van der Waals surface area contributed by atoms with Gasteiger partial charge >= 0.3 is 0 Å². The average Bonchev–Trinajstić information content (AvgIpc) is 3.18. The SMILES string of the molecule is COc1ccc(-c2[nH]c3ccc(NC(=O)C4CCCCC4N)cc3c2C(C)C)cc1OC. The number of rotatable bonds is 6. The van der Waals surface area contributed by atoms with E-state index in [-0.39, 0.29) is 23.8 Å². The van der Waals surface area contributed by atoms with Crippen LogP contribution in [-0.4, -0.2) is 31.2 Å². The molecular formula is C26H33N3O3. The molecule has 32 heavy (non-hydrogen) atoms. The number of fused-ring (bicyclic) bond motifs is 1. The van der Waals surface area contributed by atoms with E-state index in [9.17, 15) is 4.79 Å². The monoisotopic (exact) mass is 435 g/mol. The Bertz CT molecular complexity index is 1120. The molecule has 3 aromatic rings. The largest absolute Gasteiger partial charge is 0.493 e. The fourth-order valence-corrected chi connectivity index (χ4v) is 4.83. The normalized spacial score (nSPS) is 18.7. The smallest absolute Gasteiger partial charge is 0.229 e. The minimum absolute atomic E-state index is 0.0262. The molecule has 6 nitrogen and oxygen atoms in total. The summed E-state index contributed by atoms with van der Waals surface area (Å²) in [5, 5.41) is 4.22. The van der Waals surface area contributed by atoms with Crippen molar-refractivity contribution in [3.05, 3.63) is 42.0 Å². The Labute approximate surface area is 189 Å². The van der Waals surface area contributed by atoms with E-state index >= 15 is 0 Å². The minimum Gasteiger partial charge on any atom is -0.493 e. The summed E-state index contributed by atoms with van der Waals surface area (Å²) in [7, 11) is 3.28. The lowest BCUT2D eigenvalue weighted by Gasteiger charge is -2.27. The number of carbonyl (C=O) groups excluding carboxylic acids is 1. The van der Waals surface area contributed by atoms with Gasteiger partial charge in [0.1, 0.15) is 0 Å². The molecule has 0 aliphatic heterocycles. The minimum atomic E-state index is -0.113. The van der Waals surface area contributed by atoms with Gasteiger partial charge in [-0.1, -0.05) is 26.7 Å². The second-order valence-electron chi connectivity index (χ2n) is 8.94. The average molecular weight is 436 g/mol. The third-order valence-electron chi connectivity index (χ3n) is 6.51. The van der Waals surface area contributed by atoms with Crippen LogP contribution in [-0.2, 0) is 4.79 Å². The van der Waals surface area contributed by atoms with E-state index in [1.165, 1.54) is 5.56 Å². The van der Waals surface area contributed by atoms with Gasteiger partial charge in [0.25, 0.3) is 0 Å². The van der Waals surface area contributed by atoms with Crippen molar-refractivity contribution in [3.8, 4) is 22.8 Å². The Hall–Kier alpha value is -2.99. The van der Waals surface area contributed by atoms with Crippen LogP contribution < -0.4 is 20.5 Å². The van der Waals surface area contributed by atoms with Gasteiger partial charge in [0.2, 0.25) is 5.91 Å². The van der Waals surface area contributed by atoms with Crippen LogP contribution in [0.25, 0.3) is 22.2 Å². The quantitative estimate of drug-likeness (QED) is 0.481. The van der Waals surface area contributed by atoms with Crippen LogP contribution in [0.4, 0.5) is 5.69 Å². The maximum absolute atomic E-state index is 12.9. The lowest BCUT2D eigenvalue weighted by atomic mass is 9.84. The van der Waals surface area contributed by atoms with E-state index in [0.29, 0.717) is 11.5 Å². The summed E-state index contributed by atoms with van der Waals surface area (Å²) >= 11 is 0. The fraction of sp³-hybridized carbons (Fsp3) is 0.423. The summed E-state index contributed by atoms with van der Waals surface area (Å²) in [5.74, 6) is 1.58. The number of aromatic nitrogens is 1. The third kappa shape index (κ3) is 4.19. The molecule has 1 fully saturated rings. The number of anilines is 1. The number of amides is 1. The maximum Gasteiger partial charge on any atom is 0.229 e. The highest BCUT2D eigenvalue weighted by Gasteiger charge is 2.28. The number of carbonyl (C=O) groups is 1. The molecule has 2 atom stereocenters. The molecule has 1 amide bonds. The van der Waals surface area contributed by atoms with Gasteiger partial charge in [0, 0.05) is 28.2 Å². The second kappa shape index (κ2) is 9.25. The molecule has 2 aromatic carbocycles. The zero-order chi connectivity index (χ0) is 22.8. The summed E-state index contributed by atoms with van der Waals surface area (Å²) in [6.07, 6.45) is 3.95.